The van der Waals surface area contributed by atoms with Crippen molar-refractivity contribution < 1.29 is 4.79 Å². The molecule has 4 heteroatoms. The average Bonchev–Trinajstić information content (AvgIpc) is 2.17. The number of hydrogen-bond acceptors (Lipinski definition) is 3. The molecule has 13 heavy (non-hydrogen) atoms. The highest BCUT2D eigenvalue weighted by Crippen LogP contribution is 2.00. The first-order valence-corrected chi connectivity index (χ1v) is 3.76. The second-order valence-electron chi connectivity index (χ2n) is 2.64. The Kier molecular flexibility index (Phi) is 1.64. The van der Waals surface area contributed by atoms with Crippen LogP contribution in [0, 0.1) is 17.2 Å². The van der Waals surface area contributed by atoms with E-state index in [0.717, 1.165) is 5.22 Å². The topological polar surface area (TPSA) is 66.1 Å². The Morgan fingerprint density at radius 1 is 1.54 bits per heavy atom. The molecule has 1 unspecified atom stereocenters. The predicted molar refractivity (Wildman–Crippen MR) is 43.6 cm³/mol. The molecule has 1 aromatic heterocycles. The number of fused-ring (bicyclic) bond motifs is 1. The zero-order valence-corrected chi connectivity index (χ0v) is 6.64. The van der Waals surface area contributed by atoms with E-state index < -0.39 is 11.8 Å². The van der Waals surface area contributed by atoms with Gasteiger partial charge in [-0.15, -0.1) is 0 Å². The summed E-state index contributed by atoms with van der Waals surface area (Å²) in [5.41, 5.74) is 0.402. The first kappa shape index (κ1) is 7.62. The molecular weight excluding hydrogens is 166 g/mol. The van der Waals surface area contributed by atoms with Crippen LogP contribution in [0.4, 0.5) is 0 Å². The van der Waals surface area contributed by atoms with Crippen molar-refractivity contribution in [1.29, 1.82) is 5.26 Å². The third-order valence-electron chi connectivity index (χ3n) is 1.78. The van der Waals surface area contributed by atoms with Crippen LogP contribution in [-0.2, 0) is 4.79 Å². The van der Waals surface area contributed by atoms with Gasteiger partial charge < -0.3 is 0 Å². The number of nitrogens with zero attached hydrogens (tertiary/aromatic N) is 3. The summed E-state index contributed by atoms with van der Waals surface area (Å²) in [6, 6.07) is 5.39. The van der Waals surface area contributed by atoms with E-state index in [4.69, 9.17) is 5.26 Å². The number of rotatable bonds is 0. The maximum absolute atomic E-state index is 11.1. The second kappa shape index (κ2) is 2.79. The average molecular weight is 171 g/mol. The molecule has 0 fully saturated rings. The lowest BCUT2D eigenvalue weighted by Gasteiger charge is -2.01. The fourth-order valence-electron chi connectivity index (χ4n) is 1.15. The summed E-state index contributed by atoms with van der Waals surface area (Å²) in [5, 5.41) is 9.35. The summed E-state index contributed by atoms with van der Waals surface area (Å²) in [7, 11) is 0. The van der Waals surface area contributed by atoms with Gasteiger partial charge in [0.2, 0.25) is 0 Å². The van der Waals surface area contributed by atoms with E-state index in [1.165, 1.54) is 0 Å². The molecule has 0 bridgehead atoms. The zero-order chi connectivity index (χ0) is 9.26. The monoisotopic (exact) mass is 171 g/mol. The van der Waals surface area contributed by atoms with Gasteiger partial charge in [0, 0.05) is 11.4 Å². The smallest absolute Gasteiger partial charge is 0.268 e. The third-order valence-corrected chi connectivity index (χ3v) is 1.78. The van der Waals surface area contributed by atoms with Crippen LogP contribution in [0.15, 0.2) is 23.3 Å². The first-order valence-electron chi connectivity index (χ1n) is 3.76. The summed E-state index contributed by atoms with van der Waals surface area (Å²) in [6.45, 7) is 0. The van der Waals surface area contributed by atoms with Crippen molar-refractivity contribution in [2.75, 3.05) is 0 Å². The summed E-state index contributed by atoms with van der Waals surface area (Å²) < 4.78 is 0. The number of nitriles is 1. The van der Waals surface area contributed by atoms with Crippen LogP contribution in [-0.4, -0.2) is 10.9 Å². The van der Waals surface area contributed by atoms with Gasteiger partial charge in [-0.2, -0.15) is 10.3 Å². The first-order chi connectivity index (χ1) is 6.31. The molecule has 0 N–H and O–H groups in total. The van der Waals surface area contributed by atoms with E-state index in [9.17, 15) is 4.79 Å². The van der Waals surface area contributed by atoms with Crippen molar-refractivity contribution >= 4 is 12.0 Å². The van der Waals surface area contributed by atoms with E-state index in [0.29, 0.717) is 5.49 Å². The molecule has 4 nitrogen and oxygen atoms in total. The molecule has 1 amide bonds. The summed E-state index contributed by atoms with van der Waals surface area (Å²) in [5.74, 6) is -1.19. The molecule has 1 aliphatic rings. The van der Waals surface area contributed by atoms with E-state index >= 15 is 0 Å². The van der Waals surface area contributed by atoms with Crippen LogP contribution in [0.3, 0.4) is 0 Å². The minimum absolute atomic E-state index is 0.402. The fourth-order valence-corrected chi connectivity index (χ4v) is 1.15. The SMILES string of the molecule is N#CC1C=c2cccnc2=NC1=O. The van der Waals surface area contributed by atoms with Crippen LogP contribution < -0.4 is 10.7 Å². The van der Waals surface area contributed by atoms with Crippen molar-refractivity contribution in [3.05, 3.63) is 29.0 Å². The van der Waals surface area contributed by atoms with E-state index in [2.05, 4.69) is 9.98 Å². The van der Waals surface area contributed by atoms with Crippen molar-refractivity contribution in [3.8, 4) is 6.07 Å². The van der Waals surface area contributed by atoms with Crippen LogP contribution in [0.5, 0.6) is 0 Å². The molecule has 0 spiro atoms. The molecule has 1 aromatic rings. The predicted octanol–water partition coefficient (Wildman–Crippen LogP) is -0.838. The van der Waals surface area contributed by atoms with Crippen LogP contribution in [0.2, 0.25) is 0 Å². The number of aromatic nitrogens is 1. The molecule has 0 saturated heterocycles. The molecular formula is C9H5N3O. The Morgan fingerprint density at radius 3 is 3.15 bits per heavy atom. The summed E-state index contributed by atoms with van der Waals surface area (Å²) in [6.07, 6.45) is 3.15. The molecule has 0 aromatic carbocycles. The van der Waals surface area contributed by atoms with E-state index in [-0.39, 0.29) is 0 Å². The highest BCUT2D eigenvalue weighted by Gasteiger charge is 2.16. The van der Waals surface area contributed by atoms with E-state index in [1.54, 1.807) is 24.4 Å². The Labute approximate surface area is 73.9 Å². The van der Waals surface area contributed by atoms with Crippen LogP contribution >= 0.6 is 0 Å². The van der Waals surface area contributed by atoms with Gasteiger partial charge in [0.25, 0.3) is 5.91 Å². The van der Waals surface area contributed by atoms with Gasteiger partial charge >= 0.3 is 0 Å². The fraction of sp³-hybridized carbons (Fsp3) is 0.111. The van der Waals surface area contributed by atoms with Crippen molar-refractivity contribution in [2.24, 2.45) is 10.9 Å². The maximum atomic E-state index is 11.1. The highest BCUT2D eigenvalue weighted by atomic mass is 16.1. The van der Waals surface area contributed by atoms with Gasteiger partial charge in [-0.25, -0.2) is 4.98 Å². The van der Waals surface area contributed by atoms with Crippen LogP contribution in [0.25, 0.3) is 6.08 Å². The molecule has 1 aliphatic heterocycles. The van der Waals surface area contributed by atoms with E-state index in [1.807, 2.05) is 6.07 Å². The Morgan fingerprint density at radius 2 is 2.38 bits per heavy atom. The number of carbonyl (C=O) groups is 1. The standard InChI is InChI=1S/C9H5N3O/c10-5-7-4-6-2-1-3-11-8(6)12-9(7)13/h1-4,7H. The Balaban J connectivity index is 2.75. The molecule has 62 valence electrons. The summed E-state index contributed by atoms with van der Waals surface area (Å²) in [4.78, 5) is 18.7. The molecule has 2 heterocycles. The second-order valence-corrected chi connectivity index (χ2v) is 2.64. The molecule has 1 atom stereocenters. The molecule has 2 rings (SSSR count). The van der Waals surface area contributed by atoms with Crippen LogP contribution in [0.1, 0.15) is 0 Å². The van der Waals surface area contributed by atoms with Gasteiger partial charge in [0.15, 0.2) is 5.49 Å². The maximum Gasteiger partial charge on any atom is 0.268 e. The number of carbonyl (C=O) groups excluding carboxylic acids is 1. The van der Waals surface area contributed by atoms with Gasteiger partial charge in [0.1, 0.15) is 5.92 Å². The third kappa shape index (κ3) is 1.20. The highest BCUT2D eigenvalue weighted by molar-refractivity contribution is 5.88. The minimum atomic E-state index is -0.753. The normalized spacial score (nSPS) is 19.3. The molecule has 0 saturated carbocycles. The number of pyridine rings is 1. The van der Waals surface area contributed by atoms with Gasteiger partial charge in [-0.1, -0.05) is 0 Å². The van der Waals surface area contributed by atoms with Crippen molar-refractivity contribution in [1.82, 2.24) is 4.98 Å². The summed E-state index contributed by atoms with van der Waals surface area (Å²) >= 11 is 0. The Bertz CT molecular complexity index is 512. The lowest BCUT2D eigenvalue weighted by atomic mass is 10.1. The Hall–Kier alpha value is -2.02. The van der Waals surface area contributed by atoms with Crippen molar-refractivity contribution in [3.63, 3.8) is 0 Å². The van der Waals surface area contributed by atoms with Gasteiger partial charge in [0.05, 0.1) is 6.07 Å². The number of amides is 1. The van der Waals surface area contributed by atoms with Gasteiger partial charge in [-0.05, 0) is 18.2 Å². The number of hydrogen-bond donors (Lipinski definition) is 0. The minimum Gasteiger partial charge on any atom is -0.271 e. The van der Waals surface area contributed by atoms with Crippen molar-refractivity contribution in [2.45, 2.75) is 0 Å². The molecule has 0 aliphatic carbocycles. The lowest BCUT2D eigenvalue weighted by Crippen LogP contribution is -2.35. The largest absolute Gasteiger partial charge is 0.271 e. The molecule has 0 radical (unpaired) electrons. The lowest BCUT2D eigenvalue weighted by molar-refractivity contribution is -0.119. The van der Waals surface area contributed by atoms with Gasteiger partial charge in [-0.3, -0.25) is 4.79 Å². The quantitative estimate of drug-likeness (QED) is 0.511. The zero-order valence-electron chi connectivity index (χ0n) is 6.64.